The SMILES string of the molecule is CCCC/C=C(\[SiH](C)C)C(C)(C)C. The summed E-state index contributed by atoms with van der Waals surface area (Å²) < 4.78 is 0. The minimum Gasteiger partial charge on any atom is -0.0890 e. The van der Waals surface area contributed by atoms with E-state index < -0.39 is 8.80 Å². The molecule has 0 fully saturated rings. The van der Waals surface area contributed by atoms with Gasteiger partial charge < -0.3 is 0 Å². The van der Waals surface area contributed by atoms with E-state index in [1.165, 1.54) is 19.3 Å². The summed E-state index contributed by atoms with van der Waals surface area (Å²) >= 11 is 0. The van der Waals surface area contributed by atoms with Gasteiger partial charge in [-0.15, -0.1) is 0 Å². The number of unbranched alkanes of at least 4 members (excludes halogenated alkanes) is 2. The van der Waals surface area contributed by atoms with Gasteiger partial charge in [-0.2, -0.15) is 0 Å². The maximum Gasteiger partial charge on any atom is 0.0598 e. The van der Waals surface area contributed by atoms with Gasteiger partial charge in [0.25, 0.3) is 0 Å². The van der Waals surface area contributed by atoms with Crippen LogP contribution in [-0.2, 0) is 0 Å². The van der Waals surface area contributed by atoms with E-state index in [0.717, 1.165) is 0 Å². The topological polar surface area (TPSA) is 0 Å². The number of allylic oxidation sites excluding steroid dienone is 2. The van der Waals surface area contributed by atoms with Crippen molar-refractivity contribution in [3.8, 4) is 0 Å². The highest BCUT2D eigenvalue weighted by molar-refractivity contribution is 6.64. The van der Waals surface area contributed by atoms with Crippen molar-refractivity contribution in [3.05, 3.63) is 11.3 Å². The van der Waals surface area contributed by atoms with Crippen LogP contribution in [0.2, 0.25) is 13.1 Å². The summed E-state index contributed by atoms with van der Waals surface area (Å²) in [4.78, 5) is 0. The molecule has 0 rings (SSSR count). The molecule has 0 aliphatic heterocycles. The smallest absolute Gasteiger partial charge is 0.0598 e. The fourth-order valence-electron chi connectivity index (χ4n) is 1.87. The largest absolute Gasteiger partial charge is 0.0890 e. The highest BCUT2D eigenvalue weighted by Gasteiger charge is 2.19. The summed E-state index contributed by atoms with van der Waals surface area (Å²) in [5, 5.41) is 1.75. The Balaban J connectivity index is 4.34. The van der Waals surface area contributed by atoms with Gasteiger partial charge in [0.1, 0.15) is 0 Å². The average molecular weight is 198 g/mol. The van der Waals surface area contributed by atoms with Crippen LogP contribution < -0.4 is 0 Å². The minimum absolute atomic E-state index is 0.411. The Labute approximate surface area is 86.0 Å². The van der Waals surface area contributed by atoms with Gasteiger partial charge >= 0.3 is 0 Å². The normalized spacial score (nSPS) is 13.9. The molecule has 1 heteroatoms. The van der Waals surface area contributed by atoms with Gasteiger partial charge in [0.05, 0.1) is 8.80 Å². The van der Waals surface area contributed by atoms with Crippen molar-refractivity contribution in [2.24, 2.45) is 5.41 Å². The molecule has 0 aliphatic carbocycles. The lowest BCUT2D eigenvalue weighted by atomic mass is 9.95. The lowest BCUT2D eigenvalue weighted by Gasteiger charge is -2.26. The minimum atomic E-state index is -0.592. The van der Waals surface area contributed by atoms with Crippen molar-refractivity contribution in [2.75, 3.05) is 0 Å². The van der Waals surface area contributed by atoms with Gasteiger partial charge in [0.2, 0.25) is 0 Å². The first-order valence-corrected chi connectivity index (χ1v) is 8.48. The Kier molecular flexibility index (Phi) is 5.62. The molecule has 0 aromatic carbocycles. The molecule has 0 spiro atoms. The first-order chi connectivity index (χ1) is 5.89. The quantitative estimate of drug-likeness (QED) is 0.470. The summed E-state index contributed by atoms with van der Waals surface area (Å²) in [6.07, 6.45) is 6.46. The summed E-state index contributed by atoms with van der Waals surface area (Å²) in [5.41, 5.74) is 0.411. The number of rotatable bonds is 4. The van der Waals surface area contributed by atoms with Crippen LogP contribution in [0.1, 0.15) is 47.0 Å². The first-order valence-electron chi connectivity index (χ1n) is 5.60. The molecule has 0 unspecified atom stereocenters. The van der Waals surface area contributed by atoms with E-state index in [1.54, 1.807) is 5.20 Å². The Hall–Kier alpha value is -0.0431. The Morgan fingerprint density at radius 1 is 1.23 bits per heavy atom. The molecule has 0 bridgehead atoms. The van der Waals surface area contributed by atoms with Crippen molar-refractivity contribution < 1.29 is 0 Å². The van der Waals surface area contributed by atoms with E-state index in [4.69, 9.17) is 0 Å². The Morgan fingerprint density at radius 2 is 1.77 bits per heavy atom. The van der Waals surface area contributed by atoms with Gasteiger partial charge in [0.15, 0.2) is 0 Å². The van der Waals surface area contributed by atoms with Crippen LogP contribution in [-0.4, -0.2) is 8.80 Å². The maximum absolute atomic E-state index is 2.51. The second-order valence-electron chi connectivity index (χ2n) is 5.21. The van der Waals surface area contributed by atoms with Crippen LogP contribution in [0.25, 0.3) is 0 Å². The van der Waals surface area contributed by atoms with Crippen molar-refractivity contribution in [3.63, 3.8) is 0 Å². The number of hydrogen-bond acceptors (Lipinski definition) is 0. The lowest BCUT2D eigenvalue weighted by Crippen LogP contribution is -2.20. The fraction of sp³-hybridized carbons (Fsp3) is 0.833. The molecular weight excluding hydrogens is 172 g/mol. The van der Waals surface area contributed by atoms with Crippen LogP contribution in [0.5, 0.6) is 0 Å². The molecular formula is C12H26Si. The molecule has 0 saturated heterocycles. The molecule has 0 aromatic heterocycles. The predicted molar refractivity (Wildman–Crippen MR) is 65.9 cm³/mol. The maximum atomic E-state index is 2.51. The summed E-state index contributed by atoms with van der Waals surface area (Å²) in [5.74, 6) is 0. The van der Waals surface area contributed by atoms with Gasteiger partial charge in [-0.25, -0.2) is 0 Å². The molecule has 0 aromatic rings. The lowest BCUT2D eigenvalue weighted by molar-refractivity contribution is 0.524. The van der Waals surface area contributed by atoms with Crippen LogP contribution in [0.15, 0.2) is 11.3 Å². The Bertz CT molecular complexity index is 160. The average Bonchev–Trinajstić information content (AvgIpc) is 1.94. The molecule has 0 heterocycles. The summed E-state index contributed by atoms with van der Waals surface area (Å²) in [7, 11) is -0.592. The molecule has 0 saturated carbocycles. The Morgan fingerprint density at radius 3 is 2.08 bits per heavy atom. The van der Waals surface area contributed by atoms with Crippen molar-refractivity contribution in [2.45, 2.75) is 60.1 Å². The predicted octanol–water partition coefficient (Wildman–Crippen LogP) is 4.18. The highest BCUT2D eigenvalue weighted by Crippen LogP contribution is 2.27. The van der Waals surface area contributed by atoms with Crippen LogP contribution in [0, 0.1) is 5.41 Å². The molecule has 0 radical (unpaired) electrons. The summed E-state index contributed by atoms with van der Waals surface area (Å²) in [6.45, 7) is 14.2. The molecule has 0 atom stereocenters. The van der Waals surface area contributed by atoms with E-state index in [0.29, 0.717) is 5.41 Å². The van der Waals surface area contributed by atoms with E-state index in [1.807, 2.05) is 0 Å². The second-order valence-corrected chi connectivity index (χ2v) is 8.14. The van der Waals surface area contributed by atoms with Gasteiger partial charge in [0, 0.05) is 0 Å². The van der Waals surface area contributed by atoms with Crippen LogP contribution in [0.4, 0.5) is 0 Å². The van der Waals surface area contributed by atoms with E-state index >= 15 is 0 Å². The molecule has 0 nitrogen and oxygen atoms in total. The third-order valence-electron chi connectivity index (χ3n) is 2.41. The second kappa shape index (κ2) is 5.64. The molecule has 13 heavy (non-hydrogen) atoms. The van der Waals surface area contributed by atoms with Gasteiger partial charge in [-0.1, -0.05) is 64.9 Å². The standard InChI is InChI=1S/C12H26Si/c1-7-8-9-10-11(13(5)6)12(2,3)4/h10,13H,7-9H2,1-6H3/b11-10-. The zero-order valence-electron chi connectivity index (χ0n) is 10.3. The van der Waals surface area contributed by atoms with Crippen LogP contribution in [0.3, 0.4) is 0 Å². The number of hydrogen-bond donors (Lipinski definition) is 0. The van der Waals surface area contributed by atoms with Crippen molar-refractivity contribution >= 4 is 8.80 Å². The third kappa shape index (κ3) is 5.30. The van der Waals surface area contributed by atoms with Gasteiger partial charge in [-0.05, 0) is 11.8 Å². The molecule has 0 N–H and O–H groups in total. The van der Waals surface area contributed by atoms with E-state index in [-0.39, 0.29) is 0 Å². The fourth-order valence-corrected chi connectivity index (χ4v) is 4.24. The zero-order valence-corrected chi connectivity index (χ0v) is 11.4. The van der Waals surface area contributed by atoms with E-state index in [2.05, 4.69) is 46.9 Å². The van der Waals surface area contributed by atoms with E-state index in [9.17, 15) is 0 Å². The van der Waals surface area contributed by atoms with Crippen molar-refractivity contribution in [1.82, 2.24) is 0 Å². The first kappa shape index (κ1) is 13.0. The molecule has 0 amide bonds. The molecule has 0 aliphatic rings. The highest BCUT2D eigenvalue weighted by atomic mass is 28.3. The van der Waals surface area contributed by atoms with Gasteiger partial charge in [-0.3, -0.25) is 0 Å². The summed E-state index contributed by atoms with van der Waals surface area (Å²) in [6, 6.07) is 0. The van der Waals surface area contributed by atoms with Crippen molar-refractivity contribution in [1.29, 1.82) is 0 Å². The molecule has 78 valence electrons. The third-order valence-corrected chi connectivity index (χ3v) is 4.76. The monoisotopic (exact) mass is 198 g/mol. The van der Waals surface area contributed by atoms with Crippen LogP contribution >= 0.6 is 0 Å². The zero-order chi connectivity index (χ0) is 10.5.